The molecule has 11 heteroatoms. The molecule has 3 aromatic rings. The van der Waals surface area contributed by atoms with Crippen LogP contribution in [0.15, 0.2) is 66.9 Å². The number of benzene rings is 2. The van der Waals surface area contributed by atoms with E-state index < -0.39 is 31.5 Å². The van der Waals surface area contributed by atoms with Crippen molar-refractivity contribution in [1.82, 2.24) is 9.88 Å². The third-order valence-electron chi connectivity index (χ3n) is 7.69. The van der Waals surface area contributed by atoms with Gasteiger partial charge in [0.05, 0.1) is 24.2 Å². The Morgan fingerprint density at radius 2 is 1.77 bits per heavy atom. The van der Waals surface area contributed by atoms with Gasteiger partial charge in [0.1, 0.15) is 10.9 Å². The minimum atomic E-state index is -2.42. The number of rotatable bonds is 11. The van der Waals surface area contributed by atoms with E-state index in [1.54, 1.807) is 43.6 Å². The summed E-state index contributed by atoms with van der Waals surface area (Å²) in [6.45, 7) is 10.8. The molecule has 0 unspecified atom stereocenters. The second-order valence-corrected chi connectivity index (χ2v) is 16.8. The third kappa shape index (κ3) is 9.29. The van der Waals surface area contributed by atoms with E-state index in [1.807, 2.05) is 18.2 Å². The molecule has 0 saturated heterocycles. The van der Waals surface area contributed by atoms with Gasteiger partial charge in [0, 0.05) is 42.4 Å². The van der Waals surface area contributed by atoms with Gasteiger partial charge in [-0.1, -0.05) is 62.4 Å². The molecule has 0 aliphatic heterocycles. The Morgan fingerprint density at radius 1 is 1.12 bits per heavy atom. The Morgan fingerprint density at radius 3 is 2.28 bits per heavy atom. The van der Waals surface area contributed by atoms with E-state index in [2.05, 4.69) is 50.7 Å². The second-order valence-electron chi connectivity index (χ2n) is 11.7. The Kier molecular flexibility index (Phi) is 11.3. The maximum absolute atomic E-state index is 12.9. The standard InChI is InChI=1S/C32H38ClN3O6Si/c1-32(2,3)43(5,6)42-30(25-15-20-29(33)34-21-25)28(10-8-7-9-23-11-16-26(17-12-23)36(39)40)35(31(37)38)22-24-13-18-27(41-4)19-14-24/h11-21,28,30H,8,10,22H2,1-6H3,(H,37,38)/t28-,30-/m1/s1. The summed E-state index contributed by atoms with van der Waals surface area (Å²) in [5.41, 5.74) is 2.14. The SMILES string of the molecule is COc1ccc(CN(C(=O)O)[C@H](CCC#Cc2ccc([N+](=O)[O-])cc2)[C@H](O[Si](C)(C)C(C)(C)C)c2ccc(Cl)nc2)cc1. The largest absolute Gasteiger partial charge is 0.497 e. The topological polar surface area (TPSA) is 115 Å². The van der Waals surface area contributed by atoms with Gasteiger partial charge in [0.25, 0.3) is 5.69 Å². The lowest BCUT2D eigenvalue weighted by Crippen LogP contribution is -2.49. The first-order valence-corrected chi connectivity index (χ1v) is 17.2. The van der Waals surface area contributed by atoms with E-state index in [0.717, 1.165) is 11.1 Å². The molecule has 228 valence electrons. The Labute approximate surface area is 259 Å². The van der Waals surface area contributed by atoms with Crippen LogP contribution in [0.4, 0.5) is 10.5 Å². The van der Waals surface area contributed by atoms with E-state index in [9.17, 15) is 20.0 Å². The van der Waals surface area contributed by atoms with Gasteiger partial charge in [-0.05, 0) is 60.4 Å². The van der Waals surface area contributed by atoms with Crippen LogP contribution in [0.1, 0.15) is 56.4 Å². The van der Waals surface area contributed by atoms with Crippen molar-refractivity contribution in [2.75, 3.05) is 7.11 Å². The van der Waals surface area contributed by atoms with Crippen molar-refractivity contribution in [3.8, 4) is 17.6 Å². The first-order chi connectivity index (χ1) is 20.2. The molecule has 1 aromatic heterocycles. The number of nitro groups is 1. The summed E-state index contributed by atoms with van der Waals surface area (Å²) in [6.07, 6.45) is 0.635. The van der Waals surface area contributed by atoms with Crippen molar-refractivity contribution >= 4 is 31.7 Å². The predicted octanol–water partition coefficient (Wildman–Crippen LogP) is 8.10. The average molecular weight is 624 g/mol. The molecular weight excluding hydrogens is 586 g/mol. The molecular formula is C32H38ClN3O6Si. The molecule has 1 amide bonds. The lowest BCUT2D eigenvalue weighted by atomic mass is 9.97. The zero-order valence-corrected chi connectivity index (χ0v) is 27.1. The molecule has 0 bridgehead atoms. The highest BCUT2D eigenvalue weighted by atomic mass is 35.5. The van der Waals surface area contributed by atoms with Crippen molar-refractivity contribution in [1.29, 1.82) is 0 Å². The van der Waals surface area contributed by atoms with Crippen molar-refractivity contribution in [2.45, 2.75) is 70.4 Å². The van der Waals surface area contributed by atoms with Gasteiger partial charge in [-0.2, -0.15) is 0 Å². The lowest BCUT2D eigenvalue weighted by Gasteiger charge is -2.43. The number of amides is 1. The fourth-order valence-corrected chi connectivity index (χ4v) is 5.59. The molecule has 2 atom stereocenters. The zero-order valence-electron chi connectivity index (χ0n) is 25.3. The first kappa shape index (κ1) is 33.6. The van der Waals surface area contributed by atoms with Crippen molar-refractivity contribution in [3.63, 3.8) is 0 Å². The molecule has 0 spiro atoms. The van der Waals surface area contributed by atoms with Crippen LogP contribution in [-0.4, -0.2) is 47.5 Å². The Bertz CT molecular complexity index is 1450. The third-order valence-corrected chi connectivity index (χ3v) is 12.4. The van der Waals surface area contributed by atoms with Crippen LogP contribution in [0.2, 0.25) is 23.3 Å². The van der Waals surface area contributed by atoms with Gasteiger partial charge in [-0.3, -0.25) is 15.0 Å². The highest BCUT2D eigenvalue weighted by molar-refractivity contribution is 6.74. The molecule has 0 radical (unpaired) electrons. The summed E-state index contributed by atoms with van der Waals surface area (Å²) < 4.78 is 12.2. The number of pyridine rings is 1. The van der Waals surface area contributed by atoms with Crippen LogP contribution in [0.25, 0.3) is 0 Å². The number of methoxy groups -OCH3 is 1. The molecule has 3 rings (SSSR count). The second kappa shape index (κ2) is 14.5. The van der Waals surface area contributed by atoms with E-state index in [1.165, 1.54) is 17.0 Å². The molecule has 0 fully saturated rings. The van der Waals surface area contributed by atoms with E-state index in [-0.39, 0.29) is 17.3 Å². The number of carbonyl (C=O) groups is 1. The summed E-state index contributed by atoms with van der Waals surface area (Å²) in [7, 11) is -0.836. The maximum atomic E-state index is 12.9. The number of hydrogen-bond donors (Lipinski definition) is 1. The highest BCUT2D eigenvalue weighted by Gasteiger charge is 2.43. The fourth-order valence-electron chi connectivity index (χ4n) is 4.19. The molecule has 0 aliphatic carbocycles. The van der Waals surface area contributed by atoms with Gasteiger partial charge >= 0.3 is 6.09 Å². The number of hydrogen-bond acceptors (Lipinski definition) is 6. The summed E-state index contributed by atoms with van der Waals surface area (Å²) in [5, 5.41) is 21.7. The van der Waals surface area contributed by atoms with Crippen LogP contribution in [-0.2, 0) is 11.0 Å². The van der Waals surface area contributed by atoms with Gasteiger partial charge in [0.2, 0.25) is 0 Å². The number of non-ortho nitro benzene ring substituents is 1. The molecule has 1 N–H and O–H groups in total. The summed E-state index contributed by atoms with van der Waals surface area (Å²) in [6, 6.07) is 16.2. The summed E-state index contributed by atoms with van der Waals surface area (Å²) >= 11 is 6.12. The van der Waals surface area contributed by atoms with Gasteiger partial charge in [0.15, 0.2) is 8.32 Å². The number of ether oxygens (including phenoxy) is 1. The smallest absolute Gasteiger partial charge is 0.407 e. The number of nitrogens with zero attached hydrogens (tertiary/aromatic N) is 3. The maximum Gasteiger partial charge on any atom is 0.407 e. The Balaban J connectivity index is 2.03. The van der Waals surface area contributed by atoms with Crippen molar-refractivity contribution < 1.29 is 24.0 Å². The van der Waals surface area contributed by atoms with Crippen LogP contribution >= 0.6 is 11.6 Å². The number of carboxylic acid groups (broad SMARTS) is 1. The van der Waals surface area contributed by atoms with Gasteiger partial charge in [-0.15, -0.1) is 0 Å². The van der Waals surface area contributed by atoms with E-state index in [0.29, 0.717) is 29.3 Å². The quantitative estimate of drug-likeness (QED) is 0.0754. The normalized spacial score (nSPS) is 12.9. The number of halogens is 1. The van der Waals surface area contributed by atoms with E-state index >= 15 is 0 Å². The average Bonchev–Trinajstić information content (AvgIpc) is 2.95. The minimum absolute atomic E-state index is 0.0107. The van der Waals surface area contributed by atoms with Crippen LogP contribution in [0.3, 0.4) is 0 Å². The van der Waals surface area contributed by atoms with Gasteiger partial charge in [-0.25, -0.2) is 9.78 Å². The van der Waals surface area contributed by atoms with Crippen molar-refractivity contribution in [2.24, 2.45) is 0 Å². The number of aromatic nitrogens is 1. The fraction of sp³-hybridized carbons (Fsp3) is 0.375. The molecule has 43 heavy (non-hydrogen) atoms. The zero-order chi connectivity index (χ0) is 31.8. The minimum Gasteiger partial charge on any atom is -0.497 e. The molecule has 9 nitrogen and oxygen atoms in total. The summed E-state index contributed by atoms with van der Waals surface area (Å²) in [5.74, 6) is 6.84. The molecule has 0 saturated carbocycles. The molecule has 1 heterocycles. The van der Waals surface area contributed by atoms with Crippen LogP contribution in [0.5, 0.6) is 5.75 Å². The molecule has 2 aromatic carbocycles. The monoisotopic (exact) mass is 623 g/mol. The Hall–Kier alpha value is -3.91. The molecule has 0 aliphatic rings. The van der Waals surface area contributed by atoms with Crippen molar-refractivity contribution in [3.05, 3.63) is 98.8 Å². The first-order valence-electron chi connectivity index (χ1n) is 13.9. The lowest BCUT2D eigenvalue weighted by molar-refractivity contribution is -0.384. The summed E-state index contributed by atoms with van der Waals surface area (Å²) in [4.78, 5) is 29.1. The highest BCUT2D eigenvalue weighted by Crippen LogP contribution is 2.42. The van der Waals surface area contributed by atoms with Crippen LogP contribution in [0, 0.1) is 22.0 Å². The predicted molar refractivity (Wildman–Crippen MR) is 170 cm³/mol. The van der Waals surface area contributed by atoms with Gasteiger partial charge < -0.3 is 14.3 Å². The van der Waals surface area contributed by atoms with Crippen LogP contribution < -0.4 is 4.74 Å². The van der Waals surface area contributed by atoms with E-state index in [4.69, 9.17) is 20.8 Å². The number of nitro benzene ring substituents is 1.